The summed E-state index contributed by atoms with van der Waals surface area (Å²) >= 11 is 3.43. The number of methoxy groups -OCH3 is 1. The van der Waals surface area contributed by atoms with Gasteiger partial charge in [0.25, 0.3) is 0 Å². The Morgan fingerprint density at radius 1 is 1.25 bits per heavy atom. The third-order valence-corrected chi connectivity index (χ3v) is 4.27. The molecule has 0 radical (unpaired) electrons. The molecule has 0 saturated heterocycles. The van der Waals surface area contributed by atoms with Gasteiger partial charge in [-0.2, -0.15) is 0 Å². The molecule has 0 aliphatic carbocycles. The Labute approximate surface area is 151 Å². The van der Waals surface area contributed by atoms with Crippen molar-refractivity contribution in [3.05, 3.63) is 63.6 Å². The van der Waals surface area contributed by atoms with Crippen LogP contribution in [0.2, 0.25) is 0 Å². The molecule has 2 aromatic rings. The van der Waals surface area contributed by atoms with Crippen molar-refractivity contribution < 1.29 is 9.53 Å². The van der Waals surface area contributed by atoms with Crippen LogP contribution in [-0.4, -0.2) is 13.0 Å². The standard InChI is InChI=1S/C20H22BrNO2/c1-13(2)17-7-5-6-14(3)20(17)22-19(23)11-8-15-12-16(21)9-10-18(15)24-4/h5-13H,1-4H3,(H,22,23)/b11-8+. The minimum absolute atomic E-state index is 0.159. The van der Waals surface area contributed by atoms with Crippen LogP contribution >= 0.6 is 15.9 Å². The van der Waals surface area contributed by atoms with Gasteiger partial charge >= 0.3 is 0 Å². The maximum atomic E-state index is 12.3. The summed E-state index contributed by atoms with van der Waals surface area (Å²) in [6.07, 6.45) is 3.28. The number of amides is 1. The van der Waals surface area contributed by atoms with E-state index in [-0.39, 0.29) is 5.91 Å². The van der Waals surface area contributed by atoms with Crippen molar-refractivity contribution in [1.29, 1.82) is 0 Å². The lowest BCUT2D eigenvalue weighted by molar-refractivity contribution is -0.111. The van der Waals surface area contributed by atoms with E-state index in [2.05, 4.69) is 35.1 Å². The number of rotatable bonds is 5. The average Bonchev–Trinajstić information content (AvgIpc) is 2.54. The largest absolute Gasteiger partial charge is 0.496 e. The van der Waals surface area contributed by atoms with Gasteiger partial charge in [0.05, 0.1) is 7.11 Å². The lowest BCUT2D eigenvalue weighted by Gasteiger charge is -2.15. The molecule has 0 atom stereocenters. The van der Waals surface area contributed by atoms with Gasteiger partial charge in [-0.25, -0.2) is 0 Å². The molecule has 1 N–H and O–H groups in total. The van der Waals surface area contributed by atoms with Gasteiger partial charge in [-0.3, -0.25) is 4.79 Å². The number of aryl methyl sites for hydroxylation is 1. The van der Waals surface area contributed by atoms with E-state index in [0.717, 1.165) is 32.6 Å². The first-order valence-electron chi connectivity index (χ1n) is 7.84. The van der Waals surface area contributed by atoms with E-state index in [9.17, 15) is 4.79 Å². The molecule has 0 fully saturated rings. The molecule has 4 heteroatoms. The zero-order chi connectivity index (χ0) is 17.7. The molecule has 0 aliphatic rings. The molecule has 0 spiro atoms. The molecule has 126 valence electrons. The van der Waals surface area contributed by atoms with Gasteiger partial charge in [-0.15, -0.1) is 0 Å². The van der Waals surface area contributed by atoms with E-state index in [1.54, 1.807) is 13.2 Å². The summed E-state index contributed by atoms with van der Waals surface area (Å²) in [6.45, 7) is 6.24. The van der Waals surface area contributed by atoms with E-state index >= 15 is 0 Å². The van der Waals surface area contributed by atoms with Crippen LogP contribution in [0.3, 0.4) is 0 Å². The maximum Gasteiger partial charge on any atom is 0.248 e. The normalized spacial score (nSPS) is 11.1. The molecule has 0 bridgehead atoms. The summed E-state index contributed by atoms with van der Waals surface area (Å²) < 4.78 is 6.25. The maximum absolute atomic E-state index is 12.3. The molecular weight excluding hydrogens is 366 g/mol. The number of nitrogens with one attached hydrogen (secondary N) is 1. The Bertz CT molecular complexity index is 766. The molecule has 2 rings (SSSR count). The summed E-state index contributed by atoms with van der Waals surface area (Å²) in [5, 5.41) is 3.00. The van der Waals surface area contributed by atoms with Gasteiger partial charge < -0.3 is 10.1 Å². The van der Waals surface area contributed by atoms with Gasteiger partial charge in [0.15, 0.2) is 0 Å². The second-order valence-electron chi connectivity index (χ2n) is 5.90. The monoisotopic (exact) mass is 387 g/mol. The van der Waals surface area contributed by atoms with Crippen molar-refractivity contribution in [3.63, 3.8) is 0 Å². The van der Waals surface area contributed by atoms with Crippen LogP contribution in [0, 0.1) is 6.92 Å². The lowest BCUT2D eigenvalue weighted by Crippen LogP contribution is -2.11. The molecule has 3 nitrogen and oxygen atoms in total. The highest BCUT2D eigenvalue weighted by atomic mass is 79.9. The quantitative estimate of drug-likeness (QED) is 0.683. The Morgan fingerprint density at radius 3 is 2.67 bits per heavy atom. The molecule has 24 heavy (non-hydrogen) atoms. The van der Waals surface area contributed by atoms with E-state index in [1.807, 2.05) is 43.3 Å². The first-order valence-corrected chi connectivity index (χ1v) is 8.63. The lowest BCUT2D eigenvalue weighted by atomic mass is 9.98. The molecular formula is C20H22BrNO2. The van der Waals surface area contributed by atoms with Gasteiger partial charge in [0.1, 0.15) is 5.75 Å². The van der Waals surface area contributed by atoms with E-state index in [0.29, 0.717) is 5.92 Å². The minimum atomic E-state index is -0.159. The highest BCUT2D eigenvalue weighted by Crippen LogP contribution is 2.28. The van der Waals surface area contributed by atoms with Gasteiger partial charge in [0, 0.05) is 21.8 Å². The van der Waals surface area contributed by atoms with Gasteiger partial charge in [-0.1, -0.05) is 48.0 Å². The van der Waals surface area contributed by atoms with Crippen molar-refractivity contribution in [1.82, 2.24) is 0 Å². The third kappa shape index (κ3) is 4.48. The first kappa shape index (κ1) is 18.3. The fourth-order valence-electron chi connectivity index (χ4n) is 2.51. The van der Waals surface area contributed by atoms with E-state index in [4.69, 9.17) is 4.74 Å². The second kappa shape index (κ2) is 8.15. The van der Waals surface area contributed by atoms with Crippen molar-refractivity contribution in [3.8, 4) is 5.75 Å². The number of ether oxygens (including phenoxy) is 1. The summed E-state index contributed by atoms with van der Waals surface area (Å²) in [7, 11) is 1.61. The predicted octanol–water partition coefficient (Wildman–Crippen LogP) is 5.54. The van der Waals surface area contributed by atoms with E-state index < -0.39 is 0 Å². The van der Waals surface area contributed by atoms with Crippen molar-refractivity contribution >= 4 is 33.6 Å². The van der Waals surface area contributed by atoms with E-state index in [1.165, 1.54) is 6.08 Å². The fourth-order valence-corrected chi connectivity index (χ4v) is 2.89. The zero-order valence-electron chi connectivity index (χ0n) is 14.4. The molecule has 0 aromatic heterocycles. The number of benzene rings is 2. The Hall–Kier alpha value is -2.07. The number of hydrogen-bond donors (Lipinski definition) is 1. The molecule has 0 aliphatic heterocycles. The van der Waals surface area contributed by atoms with Gasteiger partial charge in [0.2, 0.25) is 5.91 Å². The number of carbonyl (C=O) groups is 1. The molecule has 0 heterocycles. The zero-order valence-corrected chi connectivity index (χ0v) is 16.0. The highest BCUT2D eigenvalue weighted by Gasteiger charge is 2.10. The molecule has 0 saturated carbocycles. The highest BCUT2D eigenvalue weighted by molar-refractivity contribution is 9.10. The minimum Gasteiger partial charge on any atom is -0.496 e. The number of carbonyl (C=O) groups excluding carboxylic acids is 1. The van der Waals surface area contributed by atoms with Crippen molar-refractivity contribution in [2.75, 3.05) is 12.4 Å². The molecule has 2 aromatic carbocycles. The topological polar surface area (TPSA) is 38.3 Å². The molecule has 0 unspecified atom stereocenters. The summed E-state index contributed by atoms with van der Waals surface area (Å²) in [5.74, 6) is 0.906. The van der Waals surface area contributed by atoms with Crippen LogP contribution in [0.4, 0.5) is 5.69 Å². The van der Waals surface area contributed by atoms with Crippen LogP contribution in [-0.2, 0) is 4.79 Å². The Morgan fingerprint density at radius 2 is 2.00 bits per heavy atom. The van der Waals surface area contributed by atoms with Crippen LogP contribution in [0.25, 0.3) is 6.08 Å². The Balaban J connectivity index is 2.22. The summed E-state index contributed by atoms with van der Waals surface area (Å²) in [5.41, 5.74) is 3.93. The number of para-hydroxylation sites is 1. The van der Waals surface area contributed by atoms with Crippen LogP contribution in [0.5, 0.6) is 5.75 Å². The number of anilines is 1. The SMILES string of the molecule is COc1ccc(Br)cc1/C=C/C(=O)Nc1c(C)cccc1C(C)C. The number of hydrogen-bond acceptors (Lipinski definition) is 2. The summed E-state index contributed by atoms with van der Waals surface area (Å²) in [6, 6.07) is 11.7. The summed E-state index contributed by atoms with van der Waals surface area (Å²) in [4.78, 5) is 12.3. The van der Waals surface area contributed by atoms with Crippen LogP contribution in [0.15, 0.2) is 46.9 Å². The average molecular weight is 388 g/mol. The molecule has 1 amide bonds. The van der Waals surface area contributed by atoms with Crippen molar-refractivity contribution in [2.45, 2.75) is 26.7 Å². The predicted molar refractivity (Wildman–Crippen MR) is 104 cm³/mol. The smallest absolute Gasteiger partial charge is 0.248 e. The Kier molecular flexibility index (Phi) is 6.21. The van der Waals surface area contributed by atoms with Gasteiger partial charge in [-0.05, 0) is 48.2 Å². The first-order chi connectivity index (χ1) is 11.4. The number of halogens is 1. The fraction of sp³-hybridized carbons (Fsp3) is 0.250. The van der Waals surface area contributed by atoms with Crippen LogP contribution < -0.4 is 10.1 Å². The van der Waals surface area contributed by atoms with Crippen LogP contribution in [0.1, 0.15) is 36.5 Å². The second-order valence-corrected chi connectivity index (χ2v) is 6.82. The van der Waals surface area contributed by atoms with Crippen molar-refractivity contribution in [2.24, 2.45) is 0 Å². The third-order valence-electron chi connectivity index (χ3n) is 3.78.